The Bertz CT molecular complexity index is 313. The predicted molar refractivity (Wildman–Crippen MR) is 78.0 cm³/mol. The van der Waals surface area contributed by atoms with E-state index in [0.717, 1.165) is 19.0 Å². The van der Waals surface area contributed by atoms with Crippen LogP contribution >= 0.6 is 0 Å². The third-order valence-corrected chi connectivity index (χ3v) is 5.63. The van der Waals surface area contributed by atoms with Crippen LogP contribution in [0.5, 0.6) is 0 Å². The molecule has 110 valence electrons. The van der Waals surface area contributed by atoms with Crippen LogP contribution in [0, 0.1) is 11.3 Å². The molecule has 3 aliphatic rings. The number of nitrogens with two attached hydrogens (primary N) is 1. The van der Waals surface area contributed by atoms with Gasteiger partial charge >= 0.3 is 0 Å². The van der Waals surface area contributed by atoms with Gasteiger partial charge in [0.15, 0.2) is 0 Å². The van der Waals surface area contributed by atoms with Gasteiger partial charge in [-0.1, -0.05) is 20.8 Å². The Labute approximate surface area is 117 Å². The van der Waals surface area contributed by atoms with Gasteiger partial charge in [-0.3, -0.25) is 4.90 Å². The zero-order valence-corrected chi connectivity index (χ0v) is 12.8. The van der Waals surface area contributed by atoms with Crippen molar-refractivity contribution >= 4 is 0 Å². The molecule has 1 aliphatic carbocycles. The van der Waals surface area contributed by atoms with E-state index in [1.807, 2.05) is 0 Å². The minimum Gasteiger partial charge on any atom is -0.372 e. The Hall–Kier alpha value is -0.120. The van der Waals surface area contributed by atoms with Crippen molar-refractivity contribution < 1.29 is 4.74 Å². The van der Waals surface area contributed by atoms with Crippen molar-refractivity contribution in [2.75, 3.05) is 13.1 Å². The first kappa shape index (κ1) is 13.8. The standard InChI is InChI=1S/C16H30N2O/c1-16(2,3)11-4-7-14(17)15(8-11)18-9-12-5-6-13(10-18)19-12/h11-15H,4-10,17H2,1-3H3. The average Bonchev–Trinajstić information content (AvgIpc) is 2.67. The molecule has 2 N–H and O–H groups in total. The third-order valence-electron chi connectivity index (χ3n) is 5.63. The largest absolute Gasteiger partial charge is 0.372 e. The monoisotopic (exact) mass is 266 g/mol. The molecule has 0 aromatic heterocycles. The van der Waals surface area contributed by atoms with E-state index < -0.39 is 0 Å². The van der Waals surface area contributed by atoms with Crippen LogP contribution in [-0.2, 0) is 4.74 Å². The Morgan fingerprint density at radius 2 is 1.63 bits per heavy atom. The minimum absolute atomic E-state index is 0.371. The van der Waals surface area contributed by atoms with Gasteiger partial charge in [0.1, 0.15) is 0 Å². The Morgan fingerprint density at radius 1 is 1.00 bits per heavy atom. The normalized spacial score (nSPS) is 44.5. The first-order valence-electron chi connectivity index (χ1n) is 8.08. The van der Waals surface area contributed by atoms with Gasteiger partial charge in [-0.05, 0) is 43.4 Å². The fourth-order valence-electron chi connectivity index (χ4n) is 4.29. The van der Waals surface area contributed by atoms with Crippen LogP contribution in [0.2, 0.25) is 0 Å². The Morgan fingerprint density at radius 3 is 2.21 bits per heavy atom. The van der Waals surface area contributed by atoms with Crippen molar-refractivity contribution in [3.63, 3.8) is 0 Å². The summed E-state index contributed by atoms with van der Waals surface area (Å²) >= 11 is 0. The summed E-state index contributed by atoms with van der Waals surface area (Å²) in [7, 11) is 0. The molecule has 0 aromatic carbocycles. The van der Waals surface area contributed by atoms with Gasteiger partial charge in [0.25, 0.3) is 0 Å². The summed E-state index contributed by atoms with van der Waals surface area (Å²) in [5, 5.41) is 0. The van der Waals surface area contributed by atoms with Gasteiger partial charge in [0.05, 0.1) is 12.2 Å². The van der Waals surface area contributed by atoms with E-state index >= 15 is 0 Å². The first-order chi connectivity index (χ1) is 8.93. The van der Waals surface area contributed by atoms with Crippen LogP contribution in [0.4, 0.5) is 0 Å². The molecule has 2 saturated heterocycles. The van der Waals surface area contributed by atoms with Crippen LogP contribution in [0.25, 0.3) is 0 Å². The number of likely N-dealkylation sites (tertiary alicyclic amines) is 1. The molecule has 0 spiro atoms. The van der Waals surface area contributed by atoms with E-state index in [9.17, 15) is 0 Å². The zero-order valence-electron chi connectivity index (χ0n) is 12.8. The molecule has 3 fully saturated rings. The summed E-state index contributed by atoms with van der Waals surface area (Å²) in [6.45, 7) is 9.38. The molecule has 3 heteroatoms. The topological polar surface area (TPSA) is 38.5 Å². The molecule has 3 rings (SSSR count). The van der Waals surface area contributed by atoms with E-state index in [4.69, 9.17) is 10.5 Å². The summed E-state index contributed by atoms with van der Waals surface area (Å²) in [6.07, 6.45) is 7.27. The molecule has 5 atom stereocenters. The highest BCUT2D eigenvalue weighted by atomic mass is 16.5. The van der Waals surface area contributed by atoms with E-state index in [0.29, 0.717) is 29.7 Å². The van der Waals surface area contributed by atoms with Crippen molar-refractivity contribution in [1.82, 2.24) is 4.90 Å². The second-order valence-corrected chi connectivity index (χ2v) is 8.02. The lowest BCUT2D eigenvalue weighted by atomic mass is 9.69. The smallest absolute Gasteiger partial charge is 0.0707 e. The van der Waals surface area contributed by atoms with Gasteiger partial charge in [0.2, 0.25) is 0 Å². The van der Waals surface area contributed by atoms with Gasteiger partial charge in [-0.15, -0.1) is 0 Å². The van der Waals surface area contributed by atoms with Crippen molar-refractivity contribution in [2.45, 2.75) is 77.2 Å². The first-order valence-corrected chi connectivity index (χ1v) is 8.08. The minimum atomic E-state index is 0.371. The second-order valence-electron chi connectivity index (χ2n) is 8.02. The van der Waals surface area contributed by atoms with Crippen LogP contribution in [0.15, 0.2) is 0 Å². The fourth-order valence-corrected chi connectivity index (χ4v) is 4.29. The average molecular weight is 266 g/mol. The highest BCUT2D eigenvalue weighted by Crippen LogP contribution is 2.40. The van der Waals surface area contributed by atoms with Crippen molar-refractivity contribution in [1.29, 1.82) is 0 Å². The molecule has 1 saturated carbocycles. The molecule has 2 bridgehead atoms. The predicted octanol–water partition coefficient (Wildman–Crippen LogP) is 2.39. The molecule has 0 amide bonds. The molecule has 0 radical (unpaired) electrons. The second kappa shape index (κ2) is 5.01. The molecule has 3 nitrogen and oxygen atoms in total. The fraction of sp³-hybridized carbons (Fsp3) is 1.00. The summed E-state index contributed by atoms with van der Waals surface area (Å²) in [5.74, 6) is 0.817. The number of fused-ring (bicyclic) bond motifs is 2. The van der Waals surface area contributed by atoms with Crippen molar-refractivity contribution in [2.24, 2.45) is 17.1 Å². The Balaban J connectivity index is 1.68. The number of rotatable bonds is 1. The quantitative estimate of drug-likeness (QED) is 0.792. The highest BCUT2D eigenvalue weighted by Gasteiger charge is 2.42. The number of morpholine rings is 1. The summed E-state index contributed by atoms with van der Waals surface area (Å²) in [6, 6.07) is 0.959. The van der Waals surface area contributed by atoms with Crippen LogP contribution < -0.4 is 5.73 Å². The van der Waals surface area contributed by atoms with E-state index in [1.165, 1.54) is 32.1 Å². The maximum absolute atomic E-state index is 6.44. The molecule has 5 unspecified atom stereocenters. The number of nitrogens with zero attached hydrogens (tertiary/aromatic N) is 1. The molecular formula is C16H30N2O. The summed E-state index contributed by atoms with van der Waals surface area (Å²) in [5.41, 5.74) is 6.86. The molecule has 19 heavy (non-hydrogen) atoms. The van der Waals surface area contributed by atoms with Gasteiger partial charge in [-0.25, -0.2) is 0 Å². The van der Waals surface area contributed by atoms with Crippen molar-refractivity contribution in [3.05, 3.63) is 0 Å². The van der Waals surface area contributed by atoms with Crippen LogP contribution in [0.3, 0.4) is 0 Å². The third kappa shape index (κ3) is 2.84. The molecule has 0 aromatic rings. The maximum Gasteiger partial charge on any atom is 0.0707 e. The lowest BCUT2D eigenvalue weighted by molar-refractivity contribution is -0.0671. The molecular weight excluding hydrogens is 236 g/mol. The van der Waals surface area contributed by atoms with E-state index in [2.05, 4.69) is 25.7 Å². The van der Waals surface area contributed by atoms with Crippen LogP contribution in [0.1, 0.15) is 52.9 Å². The Kier molecular flexibility index (Phi) is 3.65. The maximum atomic E-state index is 6.44. The molecule has 2 aliphatic heterocycles. The van der Waals surface area contributed by atoms with Gasteiger partial charge in [-0.2, -0.15) is 0 Å². The van der Waals surface area contributed by atoms with Gasteiger partial charge < -0.3 is 10.5 Å². The number of hydrogen-bond donors (Lipinski definition) is 1. The summed E-state index contributed by atoms with van der Waals surface area (Å²) in [4.78, 5) is 2.66. The zero-order chi connectivity index (χ0) is 13.6. The number of hydrogen-bond acceptors (Lipinski definition) is 3. The number of ether oxygens (including phenoxy) is 1. The SMILES string of the molecule is CC(C)(C)C1CCC(N)C(N2CC3CCC(C2)O3)C1. The van der Waals surface area contributed by atoms with Crippen LogP contribution in [-0.4, -0.2) is 42.3 Å². The lowest BCUT2D eigenvalue weighted by Crippen LogP contribution is -2.57. The van der Waals surface area contributed by atoms with E-state index in [-0.39, 0.29) is 0 Å². The lowest BCUT2D eigenvalue weighted by Gasteiger charge is -2.47. The van der Waals surface area contributed by atoms with E-state index in [1.54, 1.807) is 0 Å². The highest BCUT2D eigenvalue weighted by molar-refractivity contribution is 4.96. The molecule has 2 heterocycles. The van der Waals surface area contributed by atoms with Gasteiger partial charge in [0, 0.05) is 25.2 Å². The summed E-state index contributed by atoms with van der Waals surface area (Å²) < 4.78 is 5.97. The van der Waals surface area contributed by atoms with Crippen molar-refractivity contribution in [3.8, 4) is 0 Å².